The maximum atomic E-state index is 5.53. The first-order chi connectivity index (χ1) is 6.38. The standard InChI is InChI=1S/C10H16OS2/c1-2-12-10(13-3-1)4-8-6-11-7-9(8)5-10/h8-9H,1-7H2/t8-,9+. The zero-order valence-electron chi connectivity index (χ0n) is 7.83. The van der Waals surface area contributed by atoms with Crippen molar-refractivity contribution >= 4 is 23.5 Å². The molecular formula is C10H16OS2. The van der Waals surface area contributed by atoms with Gasteiger partial charge in [-0.25, -0.2) is 0 Å². The molecule has 0 aromatic rings. The summed E-state index contributed by atoms with van der Waals surface area (Å²) in [6, 6.07) is 0. The minimum Gasteiger partial charge on any atom is -0.381 e. The van der Waals surface area contributed by atoms with Gasteiger partial charge < -0.3 is 4.74 Å². The molecule has 2 saturated heterocycles. The predicted octanol–water partition coefficient (Wildman–Crippen LogP) is 2.61. The van der Waals surface area contributed by atoms with Gasteiger partial charge in [-0.2, -0.15) is 0 Å². The molecule has 0 bridgehead atoms. The quantitative estimate of drug-likeness (QED) is 0.616. The highest BCUT2D eigenvalue weighted by molar-refractivity contribution is 8.18. The van der Waals surface area contributed by atoms with Gasteiger partial charge >= 0.3 is 0 Å². The lowest BCUT2D eigenvalue weighted by molar-refractivity contribution is 0.173. The van der Waals surface area contributed by atoms with Crippen molar-refractivity contribution in [3.05, 3.63) is 0 Å². The average Bonchev–Trinajstić information content (AvgIpc) is 2.64. The fraction of sp³-hybridized carbons (Fsp3) is 1.00. The van der Waals surface area contributed by atoms with Crippen molar-refractivity contribution in [2.45, 2.75) is 23.3 Å². The van der Waals surface area contributed by atoms with Crippen LogP contribution in [0.25, 0.3) is 0 Å². The van der Waals surface area contributed by atoms with Gasteiger partial charge in [-0.05, 0) is 42.6 Å². The van der Waals surface area contributed by atoms with Crippen LogP contribution in [0.5, 0.6) is 0 Å². The molecule has 1 nitrogen and oxygen atoms in total. The highest BCUT2D eigenvalue weighted by Gasteiger charge is 2.48. The van der Waals surface area contributed by atoms with Crippen molar-refractivity contribution in [2.24, 2.45) is 11.8 Å². The van der Waals surface area contributed by atoms with E-state index < -0.39 is 0 Å². The van der Waals surface area contributed by atoms with E-state index in [-0.39, 0.29) is 0 Å². The molecule has 0 N–H and O–H groups in total. The first-order valence-electron chi connectivity index (χ1n) is 5.24. The third kappa shape index (κ3) is 1.53. The van der Waals surface area contributed by atoms with Crippen LogP contribution in [0.4, 0.5) is 0 Å². The van der Waals surface area contributed by atoms with Crippen molar-refractivity contribution in [2.75, 3.05) is 24.7 Å². The molecule has 1 spiro atoms. The summed E-state index contributed by atoms with van der Waals surface area (Å²) in [6.07, 6.45) is 4.27. The Labute approximate surface area is 88.4 Å². The molecule has 3 rings (SSSR count). The third-order valence-electron chi connectivity index (χ3n) is 3.50. The largest absolute Gasteiger partial charge is 0.381 e. The van der Waals surface area contributed by atoms with Crippen LogP contribution in [0.3, 0.4) is 0 Å². The second-order valence-electron chi connectivity index (χ2n) is 4.43. The van der Waals surface area contributed by atoms with Crippen molar-refractivity contribution in [3.63, 3.8) is 0 Å². The van der Waals surface area contributed by atoms with Crippen LogP contribution >= 0.6 is 23.5 Å². The van der Waals surface area contributed by atoms with E-state index in [4.69, 9.17) is 4.74 Å². The second-order valence-corrected chi connectivity index (χ2v) is 7.64. The molecule has 0 unspecified atom stereocenters. The van der Waals surface area contributed by atoms with Gasteiger partial charge in [0.15, 0.2) is 0 Å². The third-order valence-corrected chi connectivity index (χ3v) is 6.91. The Bertz CT molecular complexity index is 187. The lowest BCUT2D eigenvalue weighted by atomic mass is 10.0. The fourth-order valence-electron chi connectivity index (χ4n) is 2.83. The van der Waals surface area contributed by atoms with E-state index in [1.165, 1.54) is 30.8 Å². The maximum Gasteiger partial charge on any atom is 0.0618 e. The molecule has 1 aliphatic carbocycles. The summed E-state index contributed by atoms with van der Waals surface area (Å²) >= 11 is 4.47. The van der Waals surface area contributed by atoms with Crippen molar-refractivity contribution < 1.29 is 4.74 Å². The predicted molar refractivity (Wildman–Crippen MR) is 59.3 cm³/mol. The molecule has 13 heavy (non-hydrogen) atoms. The summed E-state index contributed by atoms with van der Waals surface area (Å²) in [4.78, 5) is 0. The maximum absolute atomic E-state index is 5.53. The Kier molecular flexibility index (Phi) is 2.30. The number of hydrogen-bond donors (Lipinski definition) is 0. The average molecular weight is 216 g/mol. The van der Waals surface area contributed by atoms with E-state index in [0.717, 1.165) is 25.0 Å². The molecule has 3 fully saturated rings. The zero-order chi connectivity index (χ0) is 8.73. The van der Waals surface area contributed by atoms with Crippen LogP contribution < -0.4 is 0 Å². The second kappa shape index (κ2) is 3.35. The normalized spacial score (nSPS) is 42.5. The number of thioether (sulfide) groups is 2. The van der Waals surface area contributed by atoms with Crippen molar-refractivity contribution in [1.29, 1.82) is 0 Å². The van der Waals surface area contributed by atoms with E-state index in [0.29, 0.717) is 4.08 Å². The van der Waals surface area contributed by atoms with Gasteiger partial charge in [0.25, 0.3) is 0 Å². The first-order valence-corrected chi connectivity index (χ1v) is 7.21. The number of ether oxygens (including phenoxy) is 1. The highest BCUT2D eigenvalue weighted by atomic mass is 32.2. The van der Waals surface area contributed by atoms with Gasteiger partial charge in [0.1, 0.15) is 0 Å². The van der Waals surface area contributed by atoms with Crippen LogP contribution in [-0.4, -0.2) is 28.8 Å². The van der Waals surface area contributed by atoms with Crippen molar-refractivity contribution in [3.8, 4) is 0 Å². The SMILES string of the molecule is C1CSC2(C[C@H]3COC[C@H]3C2)SC1. The smallest absolute Gasteiger partial charge is 0.0618 e. The van der Waals surface area contributed by atoms with Gasteiger partial charge in [0.2, 0.25) is 0 Å². The summed E-state index contributed by atoms with van der Waals surface area (Å²) < 4.78 is 6.15. The Morgan fingerprint density at radius 2 is 1.62 bits per heavy atom. The Balaban J connectivity index is 1.73. The molecular weight excluding hydrogens is 200 g/mol. The molecule has 74 valence electrons. The lowest BCUT2D eigenvalue weighted by Gasteiger charge is -2.32. The summed E-state index contributed by atoms with van der Waals surface area (Å²) in [7, 11) is 0. The molecule has 2 heterocycles. The number of hydrogen-bond acceptors (Lipinski definition) is 3. The number of rotatable bonds is 0. The fourth-order valence-corrected chi connectivity index (χ4v) is 6.49. The van der Waals surface area contributed by atoms with E-state index in [1.807, 2.05) is 0 Å². The van der Waals surface area contributed by atoms with Gasteiger partial charge in [-0.1, -0.05) is 0 Å². The van der Waals surface area contributed by atoms with Gasteiger partial charge in [0, 0.05) is 13.2 Å². The van der Waals surface area contributed by atoms with E-state index in [1.54, 1.807) is 0 Å². The summed E-state index contributed by atoms with van der Waals surface area (Å²) in [6.45, 7) is 2.10. The van der Waals surface area contributed by atoms with Gasteiger partial charge in [-0.15, -0.1) is 23.5 Å². The lowest BCUT2D eigenvalue weighted by Crippen LogP contribution is -2.22. The number of fused-ring (bicyclic) bond motifs is 1. The van der Waals surface area contributed by atoms with E-state index >= 15 is 0 Å². The Hall–Kier alpha value is 0.660. The first kappa shape index (κ1) is 8.93. The molecule has 0 radical (unpaired) electrons. The molecule has 2 atom stereocenters. The molecule has 0 amide bonds. The van der Waals surface area contributed by atoms with Gasteiger partial charge in [-0.3, -0.25) is 0 Å². The summed E-state index contributed by atoms with van der Waals surface area (Å²) in [5.41, 5.74) is 0. The van der Waals surface area contributed by atoms with Crippen LogP contribution in [0.15, 0.2) is 0 Å². The molecule has 3 heteroatoms. The van der Waals surface area contributed by atoms with Crippen molar-refractivity contribution in [1.82, 2.24) is 0 Å². The van der Waals surface area contributed by atoms with Crippen LogP contribution in [0.1, 0.15) is 19.3 Å². The Morgan fingerprint density at radius 1 is 1.00 bits per heavy atom. The van der Waals surface area contributed by atoms with E-state index in [9.17, 15) is 0 Å². The summed E-state index contributed by atoms with van der Waals surface area (Å²) in [5, 5.41) is 0. The monoisotopic (exact) mass is 216 g/mol. The zero-order valence-corrected chi connectivity index (χ0v) is 9.46. The molecule has 0 aromatic heterocycles. The van der Waals surface area contributed by atoms with Crippen LogP contribution in [0.2, 0.25) is 0 Å². The molecule has 2 aliphatic heterocycles. The minimum absolute atomic E-state index is 0.622. The Morgan fingerprint density at radius 3 is 2.23 bits per heavy atom. The molecule has 1 saturated carbocycles. The summed E-state index contributed by atoms with van der Waals surface area (Å²) in [5.74, 6) is 4.59. The van der Waals surface area contributed by atoms with E-state index in [2.05, 4.69) is 23.5 Å². The highest BCUT2D eigenvalue weighted by Crippen LogP contribution is 2.57. The molecule has 0 aromatic carbocycles. The van der Waals surface area contributed by atoms with Gasteiger partial charge in [0.05, 0.1) is 4.08 Å². The minimum atomic E-state index is 0.622. The molecule has 3 aliphatic rings. The topological polar surface area (TPSA) is 9.23 Å². The van der Waals surface area contributed by atoms with Crippen LogP contribution in [-0.2, 0) is 4.74 Å². The van der Waals surface area contributed by atoms with Crippen LogP contribution in [0, 0.1) is 11.8 Å².